The molecule has 0 aliphatic heterocycles. The van der Waals surface area contributed by atoms with Crippen LogP contribution in [0.4, 0.5) is 5.82 Å². The van der Waals surface area contributed by atoms with E-state index in [0.29, 0.717) is 12.4 Å². The summed E-state index contributed by atoms with van der Waals surface area (Å²) in [5, 5.41) is 12.3. The lowest BCUT2D eigenvalue weighted by Crippen LogP contribution is -2.07. The number of hydrogen-bond acceptors (Lipinski definition) is 3. The Morgan fingerprint density at radius 2 is 2.38 bits per heavy atom. The number of carboxylic acid groups (broad SMARTS) is 1. The highest BCUT2D eigenvalue weighted by Crippen LogP contribution is 2.04. The summed E-state index contributed by atoms with van der Waals surface area (Å²) < 4.78 is 1.59. The van der Waals surface area contributed by atoms with Crippen LogP contribution in [0.2, 0.25) is 0 Å². The van der Waals surface area contributed by atoms with Crippen LogP contribution in [-0.4, -0.2) is 20.9 Å². The molecule has 0 aliphatic carbocycles. The Labute approximate surface area is 81.9 Å². The highest BCUT2D eigenvalue weighted by atomic mass is 35.5. The third kappa shape index (κ3) is 3.33. The molecule has 1 rings (SSSR count). The number of nitrogens with zero attached hydrogens (tertiary/aromatic N) is 2. The third-order valence-corrected chi connectivity index (χ3v) is 1.54. The molecular formula is C7H12ClN3O2. The van der Waals surface area contributed by atoms with Crippen molar-refractivity contribution in [3.8, 4) is 0 Å². The van der Waals surface area contributed by atoms with Crippen LogP contribution in [0, 0.1) is 6.92 Å². The zero-order valence-electron chi connectivity index (χ0n) is 7.23. The van der Waals surface area contributed by atoms with E-state index < -0.39 is 5.97 Å². The predicted molar refractivity (Wildman–Crippen MR) is 50.9 cm³/mol. The first-order chi connectivity index (χ1) is 5.59. The van der Waals surface area contributed by atoms with E-state index in [0.717, 1.165) is 5.69 Å². The van der Waals surface area contributed by atoms with Gasteiger partial charge in [-0.25, -0.2) is 0 Å². The number of nitrogen functional groups attached to an aromatic ring is 1. The topological polar surface area (TPSA) is 81.1 Å². The zero-order chi connectivity index (χ0) is 9.14. The Balaban J connectivity index is 0.00000144. The summed E-state index contributed by atoms with van der Waals surface area (Å²) in [6, 6.07) is 1.71. The molecule has 6 heteroatoms. The van der Waals surface area contributed by atoms with Crippen molar-refractivity contribution in [1.29, 1.82) is 0 Å². The Kier molecular flexibility index (Phi) is 4.27. The van der Waals surface area contributed by atoms with E-state index in [1.807, 2.05) is 6.92 Å². The molecule has 0 spiro atoms. The average molecular weight is 206 g/mol. The van der Waals surface area contributed by atoms with Crippen LogP contribution in [-0.2, 0) is 11.3 Å². The fraction of sp³-hybridized carbons (Fsp3) is 0.429. The molecule has 0 unspecified atom stereocenters. The summed E-state index contributed by atoms with van der Waals surface area (Å²) in [6.45, 7) is 2.21. The number of anilines is 1. The number of aromatic nitrogens is 2. The van der Waals surface area contributed by atoms with Crippen molar-refractivity contribution in [2.75, 3.05) is 5.73 Å². The third-order valence-electron chi connectivity index (χ3n) is 1.54. The lowest BCUT2D eigenvalue weighted by atomic mass is 10.4. The van der Waals surface area contributed by atoms with Gasteiger partial charge in [0.05, 0.1) is 13.0 Å². The van der Waals surface area contributed by atoms with Crippen LogP contribution in [0.5, 0.6) is 0 Å². The molecule has 0 aliphatic rings. The molecule has 0 fully saturated rings. The first-order valence-corrected chi connectivity index (χ1v) is 3.61. The SMILES string of the molecule is Cc1cc(N)nn1CCC(=O)O.Cl. The molecule has 0 saturated carbocycles. The van der Waals surface area contributed by atoms with Gasteiger partial charge >= 0.3 is 5.97 Å². The molecule has 0 saturated heterocycles. The van der Waals surface area contributed by atoms with Crippen LogP contribution < -0.4 is 5.73 Å². The highest BCUT2D eigenvalue weighted by Gasteiger charge is 2.02. The smallest absolute Gasteiger partial charge is 0.305 e. The maximum atomic E-state index is 10.2. The van der Waals surface area contributed by atoms with E-state index in [1.54, 1.807) is 10.7 Å². The number of carboxylic acids is 1. The van der Waals surface area contributed by atoms with Gasteiger partial charge in [0.2, 0.25) is 0 Å². The Bertz CT molecular complexity index is 298. The summed E-state index contributed by atoms with van der Waals surface area (Å²) in [7, 11) is 0. The average Bonchev–Trinajstić information content (AvgIpc) is 2.26. The maximum Gasteiger partial charge on any atom is 0.305 e. The number of carbonyl (C=O) groups is 1. The molecule has 1 aromatic heterocycles. The van der Waals surface area contributed by atoms with Gasteiger partial charge in [-0.2, -0.15) is 5.10 Å². The molecule has 0 atom stereocenters. The minimum atomic E-state index is -0.830. The Morgan fingerprint density at radius 1 is 1.77 bits per heavy atom. The number of rotatable bonds is 3. The fourth-order valence-electron chi connectivity index (χ4n) is 0.964. The summed E-state index contributed by atoms with van der Waals surface area (Å²) in [5.74, 6) is -0.402. The van der Waals surface area contributed by atoms with Crippen molar-refractivity contribution in [1.82, 2.24) is 9.78 Å². The van der Waals surface area contributed by atoms with E-state index in [1.165, 1.54) is 0 Å². The predicted octanol–water partition coefficient (Wildman–Crippen LogP) is 0.670. The summed E-state index contributed by atoms with van der Waals surface area (Å²) in [5.41, 5.74) is 6.29. The van der Waals surface area contributed by atoms with Gasteiger partial charge in [0.1, 0.15) is 5.82 Å². The van der Waals surface area contributed by atoms with Crippen LogP contribution in [0.25, 0.3) is 0 Å². The number of nitrogens with two attached hydrogens (primary N) is 1. The number of aliphatic carboxylic acids is 1. The van der Waals surface area contributed by atoms with Crippen molar-refractivity contribution in [2.24, 2.45) is 0 Å². The quantitative estimate of drug-likeness (QED) is 0.760. The largest absolute Gasteiger partial charge is 0.481 e. The molecule has 0 aromatic carbocycles. The van der Waals surface area contributed by atoms with E-state index in [-0.39, 0.29) is 18.8 Å². The van der Waals surface area contributed by atoms with Crippen molar-refractivity contribution in [3.05, 3.63) is 11.8 Å². The van der Waals surface area contributed by atoms with Crippen molar-refractivity contribution in [3.63, 3.8) is 0 Å². The molecule has 13 heavy (non-hydrogen) atoms. The van der Waals surface area contributed by atoms with Crippen molar-refractivity contribution in [2.45, 2.75) is 19.9 Å². The van der Waals surface area contributed by atoms with Gasteiger partial charge < -0.3 is 10.8 Å². The van der Waals surface area contributed by atoms with E-state index in [4.69, 9.17) is 10.8 Å². The molecule has 0 bridgehead atoms. The molecule has 0 amide bonds. The molecule has 1 heterocycles. The second kappa shape index (κ2) is 4.71. The minimum Gasteiger partial charge on any atom is -0.481 e. The summed E-state index contributed by atoms with van der Waals surface area (Å²) in [6.07, 6.45) is 0.0714. The first kappa shape index (κ1) is 11.8. The van der Waals surface area contributed by atoms with Gasteiger partial charge in [0, 0.05) is 11.8 Å². The molecule has 0 radical (unpaired) electrons. The van der Waals surface area contributed by atoms with Gasteiger partial charge in [-0.15, -0.1) is 12.4 Å². The molecule has 3 N–H and O–H groups in total. The van der Waals surface area contributed by atoms with Crippen molar-refractivity contribution >= 4 is 24.2 Å². The molecule has 1 aromatic rings. The van der Waals surface area contributed by atoms with Crippen LogP contribution in [0.1, 0.15) is 12.1 Å². The van der Waals surface area contributed by atoms with E-state index >= 15 is 0 Å². The minimum absolute atomic E-state index is 0. The van der Waals surface area contributed by atoms with E-state index in [9.17, 15) is 4.79 Å². The number of halogens is 1. The van der Waals surface area contributed by atoms with Crippen LogP contribution >= 0.6 is 12.4 Å². The second-order valence-corrected chi connectivity index (χ2v) is 2.58. The van der Waals surface area contributed by atoms with Crippen LogP contribution in [0.15, 0.2) is 6.07 Å². The fourth-order valence-corrected chi connectivity index (χ4v) is 0.964. The standard InChI is InChI=1S/C7H11N3O2.ClH/c1-5-4-6(8)9-10(5)3-2-7(11)12;/h4H,2-3H2,1H3,(H2,8,9)(H,11,12);1H. The van der Waals surface area contributed by atoms with Gasteiger partial charge in [0.25, 0.3) is 0 Å². The van der Waals surface area contributed by atoms with Gasteiger partial charge in [0.15, 0.2) is 0 Å². The summed E-state index contributed by atoms with van der Waals surface area (Å²) >= 11 is 0. The lowest BCUT2D eigenvalue weighted by Gasteiger charge is -1.99. The highest BCUT2D eigenvalue weighted by molar-refractivity contribution is 5.85. The second-order valence-electron chi connectivity index (χ2n) is 2.58. The molecule has 5 nitrogen and oxygen atoms in total. The lowest BCUT2D eigenvalue weighted by molar-refractivity contribution is -0.137. The van der Waals surface area contributed by atoms with Crippen LogP contribution in [0.3, 0.4) is 0 Å². The zero-order valence-corrected chi connectivity index (χ0v) is 8.04. The molecule has 74 valence electrons. The Hall–Kier alpha value is -1.23. The Morgan fingerprint density at radius 3 is 2.77 bits per heavy atom. The number of hydrogen-bond donors (Lipinski definition) is 2. The maximum absolute atomic E-state index is 10.2. The van der Waals surface area contributed by atoms with Gasteiger partial charge in [-0.05, 0) is 6.92 Å². The summed E-state index contributed by atoms with van der Waals surface area (Å²) in [4.78, 5) is 10.2. The first-order valence-electron chi connectivity index (χ1n) is 3.61. The molecular weight excluding hydrogens is 194 g/mol. The monoisotopic (exact) mass is 205 g/mol. The number of aryl methyl sites for hydroxylation is 2. The van der Waals surface area contributed by atoms with Gasteiger partial charge in [-0.3, -0.25) is 9.48 Å². The van der Waals surface area contributed by atoms with Gasteiger partial charge in [-0.1, -0.05) is 0 Å². The van der Waals surface area contributed by atoms with Crippen molar-refractivity contribution < 1.29 is 9.90 Å². The normalized spacial score (nSPS) is 9.31. The van der Waals surface area contributed by atoms with E-state index in [2.05, 4.69) is 5.10 Å².